The first-order valence-electron chi connectivity index (χ1n) is 21.2. The van der Waals surface area contributed by atoms with Crippen LogP contribution in [0.15, 0.2) is 200 Å². The van der Waals surface area contributed by atoms with E-state index in [0.29, 0.717) is 0 Å². The van der Waals surface area contributed by atoms with E-state index in [1.165, 1.54) is 103 Å². The molecule has 0 bridgehead atoms. The minimum atomic E-state index is -1.95. The summed E-state index contributed by atoms with van der Waals surface area (Å²) in [6.45, 7) is 6.65. The summed E-state index contributed by atoms with van der Waals surface area (Å²) in [6, 6.07) is 72.6. The van der Waals surface area contributed by atoms with E-state index in [-0.39, 0.29) is 0 Å². The number of hydrogen-bond donors (Lipinski definition) is 0. The van der Waals surface area contributed by atoms with Crippen molar-refractivity contribution in [2.75, 3.05) is 0 Å². The topological polar surface area (TPSA) is 0 Å². The van der Waals surface area contributed by atoms with Gasteiger partial charge in [0, 0.05) is 0 Å². The van der Waals surface area contributed by atoms with Gasteiger partial charge in [-0.3, -0.25) is 0 Å². The van der Waals surface area contributed by atoms with Crippen LogP contribution in [0, 0.1) is 0 Å². The molecule has 4 heteroatoms. The average molecular weight is 921 g/mol. The predicted octanol–water partition coefficient (Wildman–Crippen LogP) is 16.6. The van der Waals surface area contributed by atoms with Crippen molar-refractivity contribution in [1.29, 1.82) is 0 Å². The van der Waals surface area contributed by atoms with E-state index in [9.17, 15) is 0 Å². The molecule has 11 aromatic carbocycles. The van der Waals surface area contributed by atoms with Crippen molar-refractivity contribution in [2.24, 2.45) is 0 Å². The Bertz CT molecular complexity index is 3060. The molecule has 11 aromatic rings. The van der Waals surface area contributed by atoms with Crippen LogP contribution in [0.2, 0.25) is 6.55 Å². The van der Waals surface area contributed by atoms with E-state index in [1.54, 1.807) is 0 Å². The van der Waals surface area contributed by atoms with Crippen LogP contribution < -0.4 is 5.19 Å². The Morgan fingerprint density at radius 3 is 1.13 bits per heavy atom. The van der Waals surface area contributed by atoms with Crippen molar-refractivity contribution in [1.82, 2.24) is 0 Å². The molecule has 0 saturated heterocycles. The van der Waals surface area contributed by atoms with Crippen LogP contribution in [0.4, 0.5) is 0 Å². The summed E-state index contributed by atoms with van der Waals surface area (Å²) in [4.78, 5) is 0. The molecule has 298 valence electrons. The number of fused-ring (bicyclic) bond motifs is 6. The van der Waals surface area contributed by atoms with Gasteiger partial charge in [-0.05, 0) is 79.2 Å². The fraction of sp³-hybridized carbons (Fsp3) is 0.0877. The fourth-order valence-corrected chi connectivity index (χ4v) is 16.5. The van der Waals surface area contributed by atoms with Gasteiger partial charge in [0.1, 0.15) is 0 Å². The molecule has 0 unspecified atom stereocenters. The van der Waals surface area contributed by atoms with Gasteiger partial charge in [-0.1, -0.05) is 134 Å². The average Bonchev–Trinajstić information content (AvgIpc) is 3.95. The third-order valence-electron chi connectivity index (χ3n) is 12.0. The second-order valence-electron chi connectivity index (χ2n) is 15.7. The molecule has 11 rings (SSSR count). The Balaban J connectivity index is 0.000000126. The minimum absolute atomic E-state index is 0.557. The van der Waals surface area contributed by atoms with Gasteiger partial charge < -0.3 is 0 Å². The van der Waals surface area contributed by atoms with Gasteiger partial charge in [-0.15, -0.1) is 69.1 Å². The van der Waals surface area contributed by atoms with Gasteiger partial charge in [-0.25, -0.2) is 0 Å². The first-order valence-corrected chi connectivity index (χ1v) is 33.2. The summed E-state index contributed by atoms with van der Waals surface area (Å²) in [5.74, 6) is 0. The SMILES string of the molecule is CCc1cc2c(-c3c4ccccc4cc4ccccc34)cccc2[cH-]1.CCc1cc2c(-c3c4ccccc4cc4ccccc34)cccc2[cH-]1.C[Si](c1ccccc1)=[Zr]([Cl])[Cl]. The van der Waals surface area contributed by atoms with Crippen molar-refractivity contribution in [3.8, 4) is 22.3 Å². The molecule has 0 N–H and O–H groups in total. The standard InChI is InChI=1S/2C25H19.C7H8Si.2ClH.Zr/c2*1-2-17-14-18-10-7-13-23(24(18)15-17)25-21-11-5-3-8-19(21)16-20-9-4-6-12-22(20)25;1-8-7-5-3-2-4-6-7;;;/h2*3-16H,2H2,1H3;2-6H,1H3;2*1H;/q2*-1;;;;+2/p-2. The van der Waals surface area contributed by atoms with Crippen molar-refractivity contribution < 1.29 is 18.0 Å². The Labute approximate surface area is 374 Å². The van der Waals surface area contributed by atoms with E-state index in [2.05, 4.69) is 202 Å². The van der Waals surface area contributed by atoms with Gasteiger partial charge >= 0.3 is 82.5 Å². The normalized spacial score (nSPS) is 11.2. The van der Waals surface area contributed by atoms with Crippen LogP contribution in [0.1, 0.15) is 25.0 Å². The van der Waals surface area contributed by atoms with Crippen LogP contribution in [0.25, 0.3) is 86.9 Å². The number of benzene rings is 9. The van der Waals surface area contributed by atoms with Crippen LogP contribution in [-0.4, -0.2) is 5.43 Å². The van der Waals surface area contributed by atoms with Gasteiger partial charge in [0.05, 0.1) is 0 Å². The molecule has 0 nitrogen and oxygen atoms in total. The number of hydrogen-bond acceptors (Lipinski definition) is 0. The Morgan fingerprint density at radius 2 is 0.770 bits per heavy atom. The molecule has 61 heavy (non-hydrogen) atoms. The van der Waals surface area contributed by atoms with Gasteiger partial charge in [-0.2, -0.15) is 12.1 Å². The van der Waals surface area contributed by atoms with Crippen molar-refractivity contribution in [2.45, 2.75) is 33.2 Å². The van der Waals surface area contributed by atoms with Crippen LogP contribution in [0.5, 0.6) is 0 Å². The van der Waals surface area contributed by atoms with Gasteiger partial charge in [0.2, 0.25) is 0 Å². The molecular weight excluding hydrogens is 875 g/mol. The van der Waals surface area contributed by atoms with E-state index < -0.39 is 23.4 Å². The quantitative estimate of drug-likeness (QED) is 0.0917. The molecule has 0 spiro atoms. The molecule has 0 saturated carbocycles. The molecule has 0 aromatic heterocycles. The molecular formula is C57H46Cl2SiZr-2. The summed E-state index contributed by atoms with van der Waals surface area (Å²) in [5, 5.41) is 17.3. The molecule has 0 aliphatic heterocycles. The van der Waals surface area contributed by atoms with E-state index in [4.69, 9.17) is 17.0 Å². The van der Waals surface area contributed by atoms with E-state index >= 15 is 0 Å². The van der Waals surface area contributed by atoms with Crippen molar-refractivity contribution in [3.05, 3.63) is 211 Å². The third kappa shape index (κ3) is 8.45. The maximum atomic E-state index is 5.97. The fourth-order valence-electron chi connectivity index (χ4n) is 8.84. The van der Waals surface area contributed by atoms with Gasteiger partial charge in [0.15, 0.2) is 0 Å². The van der Waals surface area contributed by atoms with Crippen LogP contribution in [-0.2, 0) is 30.8 Å². The molecule has 0 aliphatic carbocycles. The summed E-state index contributed by atoms with van der Waals surface area (Å²) in [6.07, 6.45) is 2.15. The molecule has 0 aliphatic rings. The van der Waals surface area contributed by atoms with Crippen molar-refractivity contribution >= 4 is 92.3 Å². The number of halogens is 2. The second kappa shape index (κ2) is 18.5. The van der Waals surface area contributed by atoms with Crippen LogP contribution in [0.3, 0.4) is 0 Å². The number of rotatable bonds is 5. The zero-order chi connectivity index (χ0) is 41.9. The zero-order valence-electron chi connectivity index (χ0n) is 34.7. The Kier molecular flexibility index (Phi) is 12.5. The Morgan fingerprint density at radius 1 is 0.410 bits per heavy atom. The summed E-state index contributed by atoms with van der Waals surface area (Å²) >= 11 is -1.95. The summed E-state index contributed by atoms with van der Waals surface area (Å²) in [5.41, 5.74) is 7.65. The monoisotopic (exact) mass is 918 g/mol. The molecule has 0 radical (unpaired) electrons. The molecule has 0 atom stereocenters. The zero-order valence-corrected chi connectivity index (χ0v) is 39.7. The van der Waals surface area contributed by atoms with Crippen molar-refractivity contribution in [3.63, 3.8) is 0 Å². The maximum absolute atomic E-state index is 5.97. The number of aryl methyl sites for hydroxylation is 2. The summed E-state index contributed by atoms with van der Waals surface area (Å²) < 4.78 is 0. The van der Waals surface area contributed by atoms with E-state index in [1.807, 2.05) is 18.2 Å². The first-order chi connectivity index (χ1) is 29.9. The third-order valence-corrected chi connectivity index (χ3v) is 30.1. The molecule has 0 fully saturated rings. The van der Waals surface area contributed by atoms with Gasteiger partial charge in [0.25, 0.3) is 0 Å². The summed E-state index contributed by atoms with van der Waals surface area (Å²) in [7, 11) is 11.9. The van der Waals surface area contributed by atoms with Crippen LogP contribution >= 0.6 is 17.0 Å². The Hall–Kier alpha value is -5.08. The predicted molar refractivity (Wildman–Crippen MR) is 268 cm³/mol. The first kappa shape index (κ1) is 41.3. The molecule has 0 heterocycles. The van der Waals surface area contributed by atoms with E-state index in [0.717, 1.165) is 12.8 Å². The second-order valence-corrected chi connectivity index (χ2v) is 36.7. The molecule has 0 amide bonds.